The van der Waals surface area contributed by atoms with Gasteiger partial charge in [0, 0.05) is 19.3 Å². The van der Waals surface area contributed by atoms with Crippen LogP contribution >= 0.6 is 0 Å². The summed E-state index contributed by atoms with van der Waals surface area (Å²) in [7, 11) is 3.11. The summed E-state index contributed by atoms with van der Waals surface area (Å²) in [5.74, 6) is 0.134. The lowest BCUT2D eigenvalue weighted by molar-refractivity contribution is -0.156. The van der Waals surface area contributed by atoms with Crippen LogP contribution in [0.25, 0.3) is 0 Å². The molecule has 0 radical (unpaired) electrons. The second-order valence-corrected chi connectivity index (χ2v) is 6.72. The van der Waals surface area contributed by atoms with Gasteiger partial charge < -0.3 is 9.64 Å². The number of amides is 1. The van der Waals surface area contributed by atoms with E-state index in [1.807, 2.05) is 11.0 Å². The minimum absolute atomic E-state index is 0.0371. The van der Waals surface area contributed by atoms with Crippen LogP contribution < -0.4 is 0 Å². The molecule has 2 rings (SSSR count). The zero-order valence-electron chi connectivity index (χ0n) is 15.0. The summed E-state index contributed by atoms with van der Waals surface area (Å²) in [5.41, 5.74) is -0.535. The van der Waals surface area contributed by atoms with Gasteiger partial charge in [-0.2, -0.15) is 0 Å². The van der Waals surface area contributed by atoms with Crippen molar-refractivity contribution in [2.24, 2.45) is 5.92 Å². The van der Waals surface area contributed by atoms with Crippen molar-refractivity contribution in [1.29, 1.82) is 0 Å². The van der Waals surface area contributed by atoms with Gasteiger partial charge in [-0.3, -0.25) is 14.7 Å². The lowest BCUT2D eigenvalue weighted by Gasteiger charge is -2.37. The van der Waals surface area contributed by atoms with Gasteiger partial charge in [0.1, 0.15) is 0 Å². The van der Waals surface area contributed by atoms with E-state index >= 15 is 0 Å². The average molecular weight is 333 g/mol. The number of pyridine rings is 1. The molecule has 0 bridgehead atoms. The standard InChI is InChI=1S/C18H27N3O3/c1-14-8-7-11-21(12-14)16(22)13-20(3)18(2,17(23)24-4)15-9-5-6-10-19-15/h5-6,9-10,14H,7-8,11-13H2,1-4H3/t14-,18-/m0/s1. The molecule has 1 fully saturated rings. The first-order valence-corrected chi connectivity index (χ1v) is 8.38. The van der Waals surface area contributed by atoms with E-state index in [2.05, 4.69) is 11.9 Å². The number of aromatic nitrogens is 1. The molecule has 6 heteroatoms. The Morgan fingerprint density at radius 1 is 1.46 bits per heavy atom. The molecule has 1 aliphatic rings. The van der Waals surface area contributed by atoms with Crippen LogP contribution in [-0.4, -0.2) is 60.5 Å². The number of nitrogens with zero attached hydrogens (tertiary/aromatic N) is 3. The van der Waals surface area contributed by atoms with E-state index in [1.165, 1.54) is 7.11 Å². The summed E-state index contributed by atoms with van der Waals surface area (Å²) in [6, 6.07) is 5.40. The van der Waals surface area contributed by atoms with E-state index in [1.54, 1.807) is 37.2 Å². The van der Waals surface area contributed by atoms with E-state index in [0.717, 1.165) is 25.9 Å². The Morgan fingerprint density at radius 2 is 2.21 bits per heavy atom. The Hall–Kier alpha value is -1.95. The molecule has 2 atom stereocenters. The number of ether oxygens (including phenoxy) is 1. The lowest BCUT2D eigenvalue weighted by Crippen LogP contribution is -2.53. The Labute approximate surface area is 143 Å². The number of carbonyl (C=O) groups excluding carboxylic acids is 2. The van der Waals surface area contributed by atoms with Crippen LogP contribution in [0.2, 0.25) is 0 Å². The highest BCUT2D eigenvalue weighted by atomic mass is 16.5. The molecule has 132 valence electrons. The molecule has 1 aromatic rings. The number of rotatable bonds is 5. The topological polar surface area (TPSA) is 62.7 Å². The van der Waals surface area contributed by atoms with Gasteiger partial charge in [-0.05, 0) is 44.9 Å². The summed E-state index contributed by atoms with van der Waals surface area (Å²) >= 11 is 0. The molecule has 0 aromatic carbocycles. The summed E-state index contributed by atoms with van der Waals surface area (Å²) in [4.78, 5) is 33.0. The van der Waals surface area contributed by atoms with E-state index < -0.39 is 11.5 Å². The number of hydrogen-bond donors (Lipinski definition) is 0. The highest BCUT2D eigenvalue weighted by Gasteiger charge is 2.43. The predicted octanol–water partition coefficient (Wildman–Crippen LogP) is 1.66. The fourth-order valence-electron chi connectivity index (χ4n) is 3.18. The maximum atomic E-state index is 12.7. The van der Waals surface area contributed by atoms with Crippen molar-refractivity contribution in [1.82, 2.24) is 14.8 Å². The maximum Gasteiger partial charge on any atom is 0.332 e. The lowest BCUT2D eigenvalue weighted by atomic mass is 9.94. The molecule has 1 aromatic heterocycles. The third-order valence-electron chi connectivity index (χ3n) is 4.89. The highest BCUT2D eigenvalue weighted by Crippen LogP contribution is 2.27. The molecule has 1 saturated heterocycles. The fourth-order valence-corrected chi connectivity index (χ4v) is 3.18. The predicted molar refractivity (Wildman–Crippen MR) is 91.2 cm³/mol. The smallest absolute Gasteiger partial charge is 0.332 e. The Balaban J connectivity index is 2.18. The van der Waals surface area contributed by atoms with Crippen LogP contribution in [0.15, 0.2) is 24.4 Å². The first kappa shape index (κ1) is 18.4. The van der Waals surface area contributed by atoms with Gasteiger partial charge in [-0.25, -0.2) is 4.79 Å². The summed E-state index contributed by atoms with van der Waals surface area (Å²) in [6.07, 6.45) is 3.83. The van der Waals surface area contributed by atoms with Gasteiger partial charge in [0.2, 0.25) is 5.91 Å². The van der Waals surface area contributed by atoms with Crippen molar-refractivity contribution in [3.8, 4) is 0 Å². The van der Waals surface area contributed by atoms with Gasteiger partial charge >= 0.3 is 5.97 Å². The number of hydrogen-bond acceptors (Lipinski definition) is 5. The summed E-state index contributed by atoms with van der Waals surface area (Å²) in [5, 5.41) is 0. The van der Waals surface area contributed by atoms with Crippen LogP contribution in [0, 0.1) is 5.92 Å². The minimum Gasteiger partial charge on any atom is -0.467 e. The average Bonchev–Trinajstić information content (AvgIpc) is 2.60. The minimum atomic E-state index is -1.10. The van der Waals surface area contributed by atoms with Crippen LogP contribution in [0.4, 0.5) is 0 Å². The van der Waals surface area contributed by atoms with E-state index in [9.17, 15) is 9.59 Å². The molecule has 2 heterocycles. The van der Waals surface area contributed by atoms with Crippen molar-refractivity contribution in [3.05, 3.63) is 30.1 Å². The molecule has 1 amide bonds. The third kappa shape index (κ3) is 3.75. The highest BCUT2D eigenvalue weighted by molar-refractivity contribution is 5.84. The van der Waals surface area contributed by atoms with Crippen molar-refractivity contribution in [2.75, 3.05) is 33.8 Å². The van der Waals surface area contributed by atoms with Gasteiger partial charge in [-0.1, -0.05) is 13.0 Å². The molecule has 0 spiro atoms. The normalized spacial score (nSPS) is 20.5. The van der Waals surface area contributed by atoms with Gasteiger partial charge in [-0.15, -0.1) is 0 Å². The van der Waals surface area contributed by atoms with Crippen LogP contribution in [0.3, 0.4) is 0 Å². The van der Waals surface area contributed by atoms with Crippen molar-refractivity contribution in [3.63, 3.8) is 0 Å². The molecule has 24 heavy (non-hydrogen) atoms. The maximum absolute atomic E-state index is 12.7. The number of carbonyl (C=O) groups is 2. The zero-order chi connectivity index (χ0) is 17.7. The van der Waals surface area contributed by atoms with E-state index in [-0.39, 0.29) is 12.5 Å². The zero-order valence-corrected chi connectivity index (χ0v) is 15.0. The molecular formula is C18H27N3O3. The second kappa shape index (κ2) is 7.75. The SMILES string of the molecule is COC(=O)[C@](C)(c1ccccn1)N(C)CC(=O)N1CCC[C@H](C)C1. The molecule has 1 aliphatic heterocycles. The van der Waals surface area contributed by atoms with Gasteiger partial charge in [0.15, 0.2) is 5.54 Å². The van der Waals surface area contributed by atoms with Crippen molar-refractivity contribution in [2.45, 2.75) is 32.2 Å². The van der Waals surface area contributed by atoms with Crippen LogP contribution in [0.5, 0.6) is 0 Å². The molecule has 0 aliphatic carbocycles. The number of likely N-dealkylation sites (tertiary alicyclic amines) is 1. The van der Waals surface area contributed by atoms with Gasteiger partial charge in [0.05, 0.1) is 19.3 Å². The fraction of sp³-hybridized carbons (Fsp3) is 0.611. The van der Waals surface area contributed by atoms with Crippen LogP contribution in [-0.2, 0) is 19.9 Å². The number of piperidine rings is 1. The summed E-state index contributed by atoms with van der Waals surface area (Å²) in [6.45, 7) is 5.62. The summed E-state index contributed by atoms with van der Waals surface area (Å²) < 4.78 is 4.99. The van der Waals surface area contributed by atoms with Crippen LogP contribution in [0.1, 0.15) is 32.4 Å². The van der Waals surface area contributed by atoms with E-state index in [4.69, 9.17) is 4.74 Å². The van der Waals surface area contributed by atoms with Crippen molar-refractivity contribution >= 4 is 11.9 Å². The largest absolute Gasteiger partial charge is 0.467 e. The monoisotopic (exact) mass is 333 g/mol. The molecule has 0 unspecified atom stereocenters. The quantitative estimate of drug-likeness (QED) is 0.767. The molecule has 6 nitrogen and oxygen atoms in total. The molecular weight excluding hydrogens is 306 g/mol. The number of esters is 1. The van der Waals surface area contributed by atoms with Gasteiger partial charge in [0.25, 0.3) is 0 Å². The first-order chi connectivity index (χ1) is 11.4. The van der Waals surface area contributed by atoms with Crippen molar-refractivity contribution < 1.29 is 14.3 Å². The molecule has 0 N–H and O–H groups in total. The van der Waals surface area contributed by atoms with E-state index in [0.29, 0.717) is 11.6 Å². The third-order valence-corrected chi connectivity index (χ3v) is 4.89. The number of methoxy groups -OCH3 is 1. The Bertz CT molecular complexity index is 578. The first-order valence-electron chi connectivity index (χ1n) is 8.38. The second-order valence-electron chi connectivity index (χ2n) is 6.72. The Morgan fingerprint density at radius 3 is 2.79 bits per heavy atom. The Kier molecular flexibility index (Phi) is 5.94. The molecule has 0 saturated carbocycles. The number of likely N-dealkylation sites (N-methyl/N-ethyl adjacent to an activating group) is 1.